The highest BCUT2D eigenvalue weighted by Crippen LogP contribution is 2.35. The molecular formula is C9H20ClNO. The van der Waals surface area contributed by atoms with E-state index in [0.717, 1.165) is 19.3 Å². The molecule has 0 aromatic carbocycles. The minimum atomic E-state index is 0. The molecule has 1 fully saturated rings. The highest BCUT2D eigenvalue weighted by molar-refractivity contribution is 5.85. The molecule has 2 atom stereocenters. The molecular weight excluding hydrogens is 174 g/mol. The van der Waals surface area contributed by atoms with E-state index in [9.17, 15) is 0 Å². The Labute approximate surface area is 81.3 Å². The van der Waals surface area contributed by atoms with Crippen LogP contribution in [-0.4, -0.2) is 19.3 Å². The van der Waals surface area contributed by atoms with Gasteiger partial charge < -0.3 is 10.5 Å². The molecule has 1 aliphatic rings. The Morgan fingerprint density at radius 1 is 1.33 bits per heavy atom. The van der Waals surface area contributed by atoms with Gasteiger partial charge >= 0.3 is 0 Å². The van der Waals surface area contributed by atoms with Crippen molar-refractivity contribution in [2.24, 2.45) is 11.1 Å². The van der Waals surface area contributed by atoms with Crippen LogP contribution in [0.15, 0.2) is 0 Å². The van der Waals surface area contributed by atoms with E-state index < -0.39 is 0 Å². The number of hydrogen-bond donors (Lipinski definition) is 1. The molecule has 0 unspecified atom stereocenters. The lowest BCUT2D eigenvalue weighted by Crippen LogP contribution is -2.40. The Morgan fingerprint density at radius 2 is 1.92 bits per heavy atom. The molecule has 0 saturated heterocycles. The van der Waals surface area contributed by atoms with Gasteiger partial charge in [-0.2, -0.15) is 0 Å². The van der Waals surface area contributed by atoms with Crippen LogP contribution in [-0.2, 0) is 4.74 Å². The third kappa shape index (κ3) is 3.30. The van der Waals surface area contributed by atoms with E-state index in [-0.39, 0.29) is 12.4 Å². The van der Waals surface area contributed by atoms with Crippen molar-refractivity contribution < 1.29 is 4.74 Å². The number of rotatable bonds is 1. The third-order valence-electron chi connectivity index (χ3n) is 2.49. The predicted octanol–water partition coefficient (Wildman–Crippen LogP) is 1.96. The van der Waals surface area contributed by atoms with E-state index in [4.69, 9.17) is 10.5 Å². The van der Waals surface area contributed by atoms with Crippen molar-refractivity contribution in [3.63, 3.8) is 0 Å². The van der Waals surface area contributed by atoms with Crippen LogP contribution in [0.1, 0.15) is 33.1 Å². The van der Waals surface area contributed by atoms with E-state index in [0.29, 0.717) is 17.6 Å². The summed E-state index contributed by atoms with van der Waals surface area (Å²) in [6.45, 7) is 4.52. The van der Waals surface area contributed by atoms with Crippen molar-refractivity contribution in [1.82, 2.24) is 0 Å². The van der Waals surface area contributed by atoms with Crippen LogP contribution in [0, 0.1) is 5.41 Å². The fourth-order valence-electron chi connectivity index (χ4n) is 2.09. The normalized spacial score (nSPS) is 34.0. The van der Waals surface area contributed by atoms with Crippen molar-refractivity contribution >= 4 is 12.4 Å². The Kier molecular flexibility index (Phi) is 4.53. The Hall–Kier alpha value is 0.210. The lowest BCUT2D eigenvalue weighted by molar-refractivity contribution is 0.0179. The zero-order chi connectivity index (χ0) is 8.48. The molecule has 2 N–H and O–H groups in total. The topological polar surface area (TPSA) is 35.2 Å². The van der Waals surface area contributed by atoms with Crippen LogP contribution in [0.2, 0.25) is 0 Å². The largest absolute Gasteiger partial charge is 0.381 e. The molecule has 0 spiro atoms. The van der Waals surface area contributed by atoms with Gasteiger partial charge in [0.1, 0.15) is 0 Å². The van der Waals surface area contributed by atoms with Crippen molar-refractivity contribution in [3.8, 4) is 0 Å². The predicted molar refractivity (Wildman–Crippen MR) is 53.7 cm³/mol. The monoisotopic (exact) mass is 193 g/mol. The Morgan fingerprint density at radius 3 is 2.33 bits per heavy atom. The van der Waals surface area contributed by atoms with Crippen LogP contribution in [0.4, 0.5) is 0 Å². The maximum atomic E-state index is 5.90. The van der Waals surface area contributed by atoms with Crippen molar-refractivity contribution in [2.75, 3.05) is 7.11 Å². The summed E-state index contributed by atoms with van der Waals surface area (Å²) in [4.78, 5) is 0. The number of halogens is 1. The third-order valence-corrected chi connectivity index (χ3v) is 2.49. The highest BCUT2D eigenvalue weighted by atomic mass is 35.5. The summed E-state index contributed by atoms with van der Waals surface area (Å²) < 4.78 is 5.32. The minimum absolute atomic E-state index is 0. The number of ether oxygens (including phenoxy) is 1. The average Bonchev–Trinajstić information content (AvgIpc) is 1.83. The van der Waals surface area contributed by atoms with Crippen molar-refractivity contribution in [1.29, 1.82) is 0 Å². The molecule has 0 amide bonds. The molecule has 0 bridgehead atoms. The van der Waals surface area contributed by atoms with E-state index in [1.165, 1.54) is 0 Å². The molecule has 74 valence electrons. The molecule has 0 radical (unpaired) electrons. The molecule has 0 heterocycles. The standard InChI is InChI=1S/C9H19NO.ClH/c1-9(2)5-7(10)4-8(6-9)11-3;/h7-8H,4-6,10H2,1-3H3;1H/t7-,8+;/m1./s1. The molecule has 0 aromatic heterocycles. The molecule has 12 heavy (non-hydrogen) atoms. The lowest BCUT2D eigenvalue weighted by Gasteiger charge is -2.37. The first-order valence-corrected chi connectivity index (χ1v) is 4.32. The molecule has 0 aliphatic heterocycles. The van der Waals surface area contributed by atoms with E-state index in [1.807, 2.05) is 0 Å². The minimum Gasteiger partial charge on any atom is -0.381 e. The molecule has 2 nitrogen and oxygen atoms in total. The SMILES string of the molecule is CO[C@H]1C[C@@H](N)CC(C)(C)C1.Cl. The number of methoxy groups -OCH3 is 1. The second kappa shape index (κ2) is 4.45. The van der Waals surface area contributed by atoms with Crippen LogP contribution in [0.25, 0.3) is 0 Å². The Bertz CT molecular complexity index is 138. The van der Waals surface area contributed by atoms with Gasteiger partial charge in [0, 0.05) is 13.2 Å². The molecule has 1 saturated carbocycles. The average molecular weight is 194 g/mol. The van der Waals surface area contributed by atoms with Gasteiger partial charge in [0.05, 0.1) is 6.10 Å². The highest BCUT2D eigenvalue weighted by Gasteiger charge is 2.32. The zero-order valence-electron chi connectivity index (χ0n) is 8.17. The smallest absolute Gasteiger partial charge is 0.0591 e. The summed E-state index contributed by atoms with van der Waals surface area (Å²) in [6, 6.07) is 0.337. The molecule has 3 heteroatoms. The van der Waals surface area contributed by atoms with Crippen LogP contribution >= 0.6 is 12.4 Å². The summed E-state index contributed by atoms with van der Waals surface area (Å²) in [5, 5.41) is 0. The van der Waals surface area contributed by atoms with E-state index in [1.54, 1.807) is 7.11 Å². The first-order valence-electron chi connectivity index (χ1n) is 4.32. The lowest BCUT2D eigenvalue weighted by atomic mass is 9.74. The van der Waals surface area contributed by atoms with E-state index in [2.05, 4.69) is 13.8 Å². The second-order valence-corrected chi connectivity index (χ2v) is 4.43. The first kappa shape index (κ1) is 12.2. The maximum absolute atomic E-state index is 5.90. The van der Waals surface area contributed by atoms with Gasteiger partial charge in [0.25, 0.3) is 0 Å². The van der Waals surface area contributed by atoms with Gasteiger partial charge in [-0.15, -0.1) is 12.4 Å². The van der Waals surface area contributed by atoms with Gasteiger partial charge in [-0.25, -0.2) is 0 Å². The molecule has 1 aliphatic carbocycles. The van der Waals surface area contributed by atoms with Gasteiger partial charge in [-0.3, -0.25) is 0 Å². The van der Waals surface area contributed by atoms with Crippen molar-refractivity contribution in [2.45, 2.75) is 45.3 Å². The van der Waals surface area contributed by atoms with Gasteiger partial charge in [-0.05, 0) is 24.7 Å². The first-order chi connectivity index (χ1) is 5.03. The van der Waals surface area contributed by atoms with Gasteiger partial charge in [0.2, 0.25) is 0 Å². The Balaban J connectivity index is 0.00000121. The zero-order valence-corrected chi connectivity index (χ0v) is 8.99. The second-order valence-electron chi connectivity index (χ2n) is 4.43. The van der Waals surface area contributed by atoms with Crippen LogP contribution in [0.5, 0.6) is 0 Å². The summed E-state index contributed by atoms with van der Waals surface area (Å²) >= 11 is 0. The van der Waals surface area contributed by atoms with Gasteiger partial charge in [0.15, 0.2) is 0 Å². The molecule has 1 rings (SSSR count). The summed E-state index contributed by atoms with van der Waals surface area (Å²) in [6.07, 6.45) is 3.69. The van der Waals surface area contributed by atoms with Crippen LogP contribution < -0.4 is 5.73 Å². The number of hydrogen-bond acceptors (Lipinski definition) is 2. The fraction of sp³-hybridized carbons (Fsp3) is 1.00. The summed E-state index contributed by atoms with van der Waals surface area (Å²) in [7, 11) is 1.78. The van der Waals surface area contributed by atoms with Gasteiger partial charge in [-0.1, -0.05) is 13.8 Å². The summed E-state index contributed by atoms with van der Waals surface area (Å²) in [5.41, 5.74) is 6.27. The summed E-state index contributed by atoms with van der Waals surface area (Å²) in [5.74, 6) is 0. The van der Waals surface area contributed by atoms with Crippen molar-refractivity contribution in [3.05, 3.63) is 0 Å². The quantitative estimate of drug-likeness (QED) is 0.691. The molecule has 0 aromatic rings. The van der Waals surface area contributed by atoms with Crippen LogP contribution in [0.3, 0.4) is 0 Å². The fourth-order valence-corrected chi connectivity index (χ4v) is 2.09. The maximum Gasteiger partial charge on any atom is 0.0591 e. The number of nitrogens with two attached hydrogens (primary N) is 1. The van der Waals surface area contributed by atoms with E-state index >= 15 is 0 Å².